The van der Waals surface area contributed by atoms with E-state index in [1.807, 2.05) is 0 Å². The molecular formula is C40H49F2N7O4S. The van der Waals surface area contributed by atoms with Crippen molar-refractivity contribution in [3.63, 3.8) is 0 Å². The Hall–Kier alpha value is -3.71. The summed E-state index contributed by atoms with van der Waals surface area (Å²) < 4.78 is 51.2. The highest BCUT2D eigenvalue weighted by molar-refractivity contribution is 7.17. The molecule has 14 heteroatoms. The van der Waals surface area contributed by atoms with Crippen LogP contribution in [0.5, 0.6) is 6.01 Å². The first-order chi connectivity index (χ1) is 26.0. The Balaban J connectivity index is 1.22. The zero-order valence-corrected chi connectivity index (χ0v) is 32.1. The van der Waals surface area contributed by atoms with Gasteiger partial charge in [-0.3, -0.25) is 4.90 Å². The SMILES string of the molecule is C=C(c1c(/C(F)=C\C)sc(N)c1C#N)c1c2c(c3c(N4C5CCC4CN(CC(C)O)C5)nc(OCC4(CN(C)CC5CCCO5)CC4)nc3c1F)COC2. The average molecular weight is 762 g/mol. The summed E-state index contributed by atoms with van der Waals surface area (Å²) in [7, 11) is 2.12. The molecule has 4 fully saturated rings. The Labute approximate surface area is 319 Å². The summed E-state index contributed by atoms with van der Waals surface area (Å²) in [5, 5.41) is 21.0. The van der Waals surface area contributed by atoms with Crippen molar-refractivity contribution in [2.75, 3.05) is 63.6 Å². The maximum atomic E-state index is 17.6. The summed E-state index contributed by atoms with van der Waals surface area (Å²) in [5.41, 5.74) is 8.07. The molecule has 1 aromatic carbocycles. The fourth-order valence-electron chi connectivity index (χ4n) is 9.20. The minimum Gasteiger partial charge on any atom is -0.463 e. The van der Waals surface area contributed by atoms with Crippen LogP contribution in [0.15, 0.2) is 12.7 Å². The first-order valence-electron chi connectivity index (χ1n) is 19.1. The number of likely N-dealkylation sites (N-methyl/N-ethyl adjacent to an activating group) is 1. The van der Waals surface area contributed by atoms with Crippen molar-refractivity contribution in [1.29, 1.82) is 5.26 Å². The number of thiophene rings is 1. The van der Waals surface area contributed by atoms with E-state index in [4.69, 9.17) is 29.9 Å². The summed E-state index contributed by atoms with van der Waals surface area (Å²) in [5.74, 6) is -0.597. The maximum absolute atomic E-state index is 17.6. The topological polar surface area (TPSA) is 133 Å². The number of ether oxygens (including phenoxy) is 3. The van der Waals surface area contributed by atoms with Crippen LogP contribution >= 0.6 is 11.3 Å². The van der Waals surface area contributed by atoms with Crippen LogP contribution in [0.4, 0.5) is 19.6 Å². The van der Waals surface area contributed by atoms with Crippen molar-refractivity contribution < 1.29 is 28.1 Å². The van der Waals surface area contributed by atoms with Crippen molar-refractivity contribution in [1.82, 2.24) is 19.8 Å². The number of hydrogen-bond donors (Lipinski definition) is 2. The number of β-amino-alcohol motifs (C(OH)–C–C–N with tert-alkyl or cyclic N) is 1. The second-order valence-electron chi connectivity index (χ2n) is 15.9. The molecule has 288 valence electrons. The van der Waals surface area contributed by atoms with Gasteiger partial charge in [0.05, 0.1) is 47.9 Å². The molecule has 1 saturated carbocycles. The highest BCUT2D eigenvalue weighted by Gasteiger charge is 2.46. The van der Waals surface area contributed by atoms with Crippen LogP contribution in [0.2, 0.25) is 0 Å². The van der Waals surface area contributed by atoms with E-state index in [2.05, 4.69) is 34.4 Å². The largest absolute Gasteiger partial charge is 0.463 e. The molecule has 2 aromatic heterocycles. The van der Waals surface area contributed by atoms with E-state index in [9.17, 15) is 10.4 Å². The van der Waals surface area contributed by atoms with Crippen molar-refractivity contribution >= 4 is 44.5 Å². The number of aliphatic hydroxyl groups excluding tert-OH is 1. The van der Waals surface area contributed by atoms with Crippen molar-refractivity contribution in [3.05, 3.63) is 51.2 Å². The predicted molar refractivity (Wildman–Crippen MR) is 205 cm³/mol. The maximum Gasteiger partial charge on any atom is 0.319 e. The second kappa shape index (κ2) is 14.7. The van der Waals surface area contributed by atoms with Gasteiger partial charge in [0, 0.05) is 68.0 Å². The van der Waals surface area contributed by atoms with Crippen LogP contribution in [0.25, 0.3) is 22.3 Å². The number of nitrogens with two attached hydrogens (primary N) is 1. The van der Waals surface area contributed by atoms with E-state index in [0.29, 0.717) is 29.9 Å². The Bertz CT molecular complexity index is 2020. The van der Waals surface area contributed by atoms with E-state index in [-0.39, 0.29) is 80.5 Å². The molecule has 2 bridgehead atoms. The molecule has 5 aliphatic rings. The van der Waals surface area contributed by atoms with Crippen molar-refractivity contribution in [3.8, 4) is 12.1 Å². The smallest absolute Gasteiger partial charge is 0.319 e. The Kier molecular flexibility index (Phi) is 10.2. The molecule has 0 radical (unpaired) electrons. The number of piperazine rings is 1. The van der Waals surface area contributed by atoms with Crippen LogP contribution in [0.1, 0.15) is 85.1 Å². The van der Waals surface area contributed by atoms with Gasteiger partial charge >= 0.3 is 6.01 Å². The number of benzene rings is 1. The number of aliphatic hydroxyl groups is 1. The molecule has 3 saturated heterocycles. The molecule has 4 atom stereocenters. The molecule has 1 aliphatic carbocycles. The van der Waals surface area contributed by atoms with E-state index in [1.54, 1.807) is 13.8 Å². The predicted octanol–water partition coefficient (Wildman–Crippen LogP) is 6.01. The third-order valence-corrected chi connectivity index (χ3v) is 12.8. The number of allylic oxidation sites excluding steroid dienone is 1. The lowest BCUT2D eigenvalue weighted by Crippen LogP contribution is -2.55. The van der Waals surface area contributed by atoms with Gasteiger partial charge < -0.3 is 34.9 Å². The second-order valence-corrected chi connectivity index (χ2v) is 17.0. The number of rotatable bonds is 13. The summed E-state index contributed by atoms with van der Waals surface area (Å²) >= 11 is 0.941. The van der Waals surface area contributed by atoms with Gasteiger partial charge in [0.1, 0.15) is 28.2 Å². The molecule has 6 heterocycles. The van der Waals surface area contributed by atoms with Crippen LogP contribution < -0.4 is 15.4 Å². The monoisotopic (exact) mass is 761 g/mol. The normalized spacial score (nSPS) is 24.0. The van der Waals surface area contributed by atoms with Gasteiger partial charge in [-0.1, -0.05) is 12.7 Å². The first-order valence-corrected chi connectivity index (χ1v) is 19.9. The first kappa shape index (κ1) is 37.2. The minimum atomic E-state index is -0.647. The fraction of sp³-hybridized carbons (Fsp3) is 0.575. The van der Waals surface area contributed by atoms with Crippen LogP contribution in [0.3, 0.4) is 0 Å². The molecule has 3 N–H and O–H groups in total. The number of nitriles is 1. The lowest BCUT2D eigenvalue weighted by molar-refractivity contribution is 0.0698. The third-order valence-electron chi connectivity index (χ3n) is 11.8. The molecule has 4 unspecified atom stereocenters. The Morgan fingerprint density at radius 1 is 1.22 bits per heavy atom. The Morgan fingerprint density at radius 2 is 1.96 bits per heavy atom. The number of likely N-dealkylation sites (tertiary alicyclic amines) is 1. The van der Waals surface area contributed by atoms with Gasteiger partial charge in [0.2, 0.25) is 0 Å². The molecule has 8 rings (SSSR count). The van der Waals surface area contributed by atoms with Gasteiger partial charge in [-0.05, 0) is 76.1 Å². The Morgan fingerprint density at radius 3 is 2.61 bits per heavy atom. The number of nitrogens with zero attached hydrogens (tertiary/aromatic N) is 6. The number of aromatic nitrogens is 2. The van der Waals surface area contributed by atoms with Crippen LogP contribution in [0, 0.1) is 22.6 Å². The summed E-state index contributed by atoms with van der Waals surface area (Å²) in [6.45, 7) is 12.9. The van der Waals surface area contributed by atoms with Crippen LogP contribution in [-0.4, -0.2) is 102 Å². The number of hydrogen-bond acceptors (Lipinski definition) is 12. The molecule has 54 heavy (non-hydrogen) atoms. The average Bonchev–Trinajstić information content (AvgIpc) is 3.53. The molecule has 0 amide bonds. The summed E-state index contributed by atoms with van der Waals surface area (Å²) in [6.07, 6.45) is 7.18. The van der Waals surface area contributed by atoms with E-state index < -0.39 is 17.7 Å². The van der Waals surface area contributed by atoms with E-state index >= 15 is 8.78 Å². The lowest BCUT2D eigenvalue weighted by atomic mass is 9.88. The quantitative estimate of drug-likeness (QED) is 0.212. The number of anilines is 2. The van der Waals surface area contributed by atoms with Gasteiger partial charge in [0.25, 0.3) is 0 Å². The number of fused-ring (bicyclic) bond motifs is 5. The highest BCUT2D eigenvalue weighted by atomic mass is 32.1. The van der Waals surface area contributed by atoms with E-state index in [1.165, 1.54) is 6.08 Å². The minimum absolute atomic E-state index is 0.0545. The third kappa shape index (κ3) is 6.77. The summed E-state index contributed by atoms with van der Waals surface area (Å²) in [6, 6.07) is 2.40. The fourth-order valence-corrected chi connectivity index (χ4v) is 10.2. The van der Waals surface area contributed by atoms with Crippen molar-refractivity contribution in [2.45, 2.75) is 89.9 Å². The molecule has 11 nitrogen and oxygen atoms in total. The van der Waals surface area contributed by atoms with Gasteiger partial charge in [-0.2, -0.15) is 15.2 Å². The van der Waals surface area contributed by atoms with E-state index in [0.717, 1.165) is 88.2 Å². The van der Waals surface area contributed by atoms with Crippen LogP contribution in [-0.2, 0) is 22.7 Å². The number of halogens is 2. The number of nitrogen functional groups attached to an aromatic ring is 1. The summed E-state index contributed by atoms with van der Waals surface area (Å²) in [4.78, 5) is 17.0. The molecular weight excluding hydrogens is 713 g/mol. The lowest BCUT2D eigenvalue weighted by Gasteiger charge is -2.42. The molecule has 4 aliphatic heterocycles. The molecule has 3 aromatic rings. The molecule has 0 spiro atoms. The van der Waals surface area contributed by atoms with Gasteiger partial charge in [-0.15, -0.1) is 11.3 Å². The standard InChI is InChI=1S/C40H49F2N7O4S/c1-5-30(41)36-32(27(13-43)37(44)54-36)23(3)31-28-18-51-19-29(28)33-35(34(31)42)45-39(53-21-40(10-11-40)20-47(4)17-26-7-6-12-52-26)46-38(33)49-24-8-9-25(49)16-48(15-24)14-22(2)50/h5,22,24-26,50H,3,6-12,14-21,44H2,1-2,4H3/b30-5+. The zero-order valence-electron chi connectivity index (χ0n) is 31.3. The van der Waals surface area contributed by atoms with Gasteiger partial charge in [-0.25, -0.2) is 8.78 Å². The highest BCUT2D eigenvalue weighted by Crippen LogP contribution is 2.49. The van der Waals surface area contributed by atoms with Gasteiger partial charge in [0.15, 0.2) is 5.82 Å². The zero-order chi connectivity index (χ0) is 37.9. The van der Waals surface area contributed by atoms with Crippen molar-refractivity contribution in [2.24, 2.45) is 5.41 Å².